The molecule has 0 aromatic rings. The van der Waals surface area contributed by atoms with Crippen molar-refractivity contribution in [1.82, 2.24) is 5.32 Å². The molecule has 1 N–H and O–H groups in total. The Kier molecular flexibility index (Phi) is 3.53. The van der Waals surface area contributed by atoms with Crippen LogP contribution in [0.1, 0.15) is 52.4 Å². The Balaban J connectivity index is 1.86. The molecule has 2 rings (SSSR count). The van der Waals surface area contributed by atoms with E-state index < -0.39 is 5.54 Å². The van der Waals surface area contributed by atoms with E-state index in [4.69, 9.17) is 4.74 Å². The van der Waals surface area contributed by atoms with Crippen molar-refractivity contribution >= 4 is 5.97 Å². The van der Waals surface area contributed by atoms with E-state index >= 15 is 0 Å². The monoisotopic (exact) mass is 225 g/mol. The molecule has 3 heteroatoms. The molecule has 1 heterocycles. The van der Waals surface area contributed by atoms with Gasteiger partial charge in [0.1, 0.15) is 11.6 Å². The van der Waals surface area contributed by atoms with Gasteiger partial charge in [0, 0.05) is 0 Å². The molecule has 1 aliphatic carbocycles. The van der Waals surface area contributed by atoms with Gasteiger partial charge in [-0.15, -0.1) is 0 Å². The average Bonchev–Trinajstić information content (AvgIpc) is 2.66. The number of ether oxygens (including phenoxy) is 1. The average molecular weight is 225 g/mol. The largest absolute Gasteiger partial charge is 0.461 e. The summed E-state index contributed by atoms with van der Waals surface area (Å²) in [5, 5.41) is 3.26. The third kappa shape index (κ3) is 2.57. The van der Waals surface area contributed by atoms with Gasteiger partial charge in [0.15, 0.2) is 0 Å². The summed E-state index contributed by atoms with van der Waals surface area (Å²) in [7, 11) is 0. The summed E-state index contributed by atoms with van der Waals surface area (Å²) in [6, 6.07) is 0. The lowest BCUT2D eigenvalue weighted by Crippen LogP contribution is -2.47. The molecule has 1 saturated heterocycles. The van der Waals surface area contributed by atoms with E-state index in [9.17, 15) is 4.79 Å². The summed E-state index contributed by atoms with van der Waals surface area (Å²) in [5.74, 6) is 0.667. The normalized spacial score (nSPS) is 39.6. The van der Waals surface area contributed by atoms with Crippen LogP contribution in [0.2, 0.25) is 0 Å². The van der Waals surface area contributed by atoms with Gasteiger partial charge in [0.2, 0.25) is 0 Å². The minimum absolute atomic E-state index is 0.0379. The molecule has 3 unspecified atom stereocenters. The maximum atomic E-state index is 12.1. The van der Waals surface area contributed by atoms with Crippen molar-refractivity contribution in [3.05, 3.63) is 0 Å². The van der Waals surface area contributed by atoms with E-state index in [1.165, 1.54) is 12.8 Å². The van der Waals surface area contributed by atoms with Crippen molar-refractivity contribution in [2.75, 3.05) is 6.54 Å². The van der Waals surface area contributed by atoms with Crippen LogP contribution in [0.5, 0.6) is 0 Å². The SMILES string of the molecule is CC1CCCC(OC(=O)C2(C)CCCN2)C1. The zero-order valence-corrected chi connectivity index (χ0v) is 10.4. The van der Waals surface area contributed by atoms with Gasteiger partial charge in [0.05, 0.1) is 0 Å². The predicted octanol–water partition coefficient (Wildman–Crippen LogP) is 2.25. The van der Waals surface area contributed by atoms with Crippen molar-refractivity contribution in [2.45, 2.75) is 64.0 Å². The van der Waals surface area contributed by atoms with Gasteiger partial charge < -0.3 is 10.1 Å². The maximum absolute atomic E-state index is 12.1. The second-order valence-electron chi connectivity index (χ2n) is 5.66. The summed E-state index contributed by atoms with van der Waals surface area (Å²) >= 11 is 0. The first-order valence-corrected chi connectivity index (χ1v) is 6.56. The molecule has 92 valence electrons. The number of carbonyl (C=O) groups excluding carboxylic acids is 1. The Morgan fingerprint density at radius 1 is 1.38 bits per heavy atom. The molecule has 3 nitrogen and oxygen atoms in total. The Morgan fingerprint density at radius 3 is 2.81 bits per heavy atom. The standard InChI is InChI=1S/C13H23NO2/c1-10-5-3-6-11(9-10)16-12(15)13(2)7-4-8-14-13/h10-11,14H,3-9H2,1-2H3. The number of esters is 1. The highest BCUT2D eigenvalue weighted by Crippen LogP contribution is 2.28. The van der Waals surface area contributed by atoms with Crippen LogP contribution in [0, 0.1) is 5.92 Å². The summed E-state index contributed by atoms with van der Waals surface area (Å²) in [6.45, 7) is 5.15. The summed E-state index contributed by atoms with van der Waals surface area (Å²) in [6.07, 6.45) is 6.72. The fourth-order valence-corrected chi connectivity index (χ4v) is 2.84. The first kappa shape index (κ1) is 11.9. The highest BCUT2D eigenvalue weighted by atomic mass is 16.5. The fourth-order valence-electron chi connectivity index (χ4n) is 2.84. The first-order valence-electron chi connectivity index (χ1n) is 6.56. The van der Waals surface area contributed by atoms with Crippen LogP contribution in [0.25, 0.3) is 0 Å². The van der Waals surface area contributed by atoms with Crippen molar-refractivity contribution < 1.29 is 9.53 Å². The Hall–Kier alpha value is -0.570. The maximum Gasteiger partial charge on any atom is 0.326 e. The van der Waals surface area contributed by atoms with E-state index in [-0.39, 0.29) is 12.1 Å². The molecule has 2 fully saturated rings. The van der Waals surface area contributed by atoms with E-state index in [2.05, 4.69) is 12.2 Å². The fraction of sp³-hybridized carbons (Fsp3) is 0.923. The third-order valence-electron chi connectivity index (χ3n) is 3.98. The van der Waals surface area contributed by atoms with Gasteiger partial charge in [-0.05, 0) is 51.5 Å². The van der Waals surface area contributed by atoms with Gasteiger partial charge in [-0.3, -0.25) is 4.79 Å². The third-order valence-corrected chi connectivity index (χ3v) is 3.98. The number of hydrogen-bond acceptors (Lipinski definition) is 3. The van der Waals surface area contributed by atoms with Crippen LogP contribution in [0.15, 0.2) is 0 Å². The molecule has 0 radical (unpaired) electrons. The number of carbonyl (C=O) groups is 1. The van der Waals surface area contributed by atoms with Crippen LogP contribution in [0.4, 0.5) is 0 Å². The lowest BCUT2D eigenvalue weighted by molar-refractivity contribution is -0.158. The molecule has 0 aromatic heterocycles. The molecule has 0 bridgehead atoms. The summed E-state index contributed by atoms with van der Waals surface area (Å²) < 4.78 is 5.65. The zero-order chi connectivity index (χ0) is 11.6. The van der Waals surface area contributed by atoms with Crippen molar-refractivity contribution in [3.8, 4) is 0 Å². The first-order chi connectivity index (χ1) is 7.60. The molecule has 1 aliphatic heterocycles. The van der Waals surface area contributed by atoms with Gasteiger partial charge in [0.25, 0.3) is 0 Å². The second kappa shape index (κ2) is 4.74. The van der Waals surface area contributed by atoms with Crippen LogP contribution in [-0.4, -0.2) is 24.2 Å². The number of nitrogens with one attached hydrogen (secondary N) is 1. The van der Waals surface area contributed by atoms with Gasteiger partial charge in [-0.2, -0.15) is 0 Å². The van der Waals surface area contributed by atoms with Crippen LogP contribution < -0.4 is 5.32 Å². The Bertz CT molecular complexity index is 259. The highest BCUT2D eigenvalue weighted by molar-refractivity contribution is 5.80. The number of rotatable bonds is 2. The minimum Gasteiger partial charge on any atom is -0.461 e. The van der Waals surface area contributed by atoms with Gasteiger partial charge >= 0.3 is 5.97 Å². The van der Waals surface area contributed by atoms with Crippen molar-refractivity contribution in [1.29, 1.82) is 0 Å². The predicted molar refractivity (Wildman–Crippen MR) is 63.2 cm³/mol. The molecular weight excluding hydrogens is 202 g/mol. The molecule has 1 saturated carbocycles. The Morgan fingerprint density at radius 2 is 2.19 bits per heavy atom. The number of hydrogen-bond donors (Lipinski definition) is 1. The van der Waals surface area contributed by atoms with Crippen LogP contribution >= 0.6 is 0 Å². The Labute approximate surface area is 97.9 Å². The van der Waals surface area contributed by atoms with Gasteiger partial charge in [-0.25, -0.2) is 0 Å². The molecular formula is C13H23NO2. The molecule has 3 atom stereocenters. The summed E-state index contributed by atoms with van der Waals surface area (Å²) in [5.41, 5.74) is -0.416. The summed E-state index contributed by atoms with van der Waals surface area (Å²) in [4.78, 5) is 12.1. The molecule has 16 heavy (non-hydrogen) atoms. The van der Waals surface area contributed by atoms with Gasteiger partial charge in [-0.1, -0.05) is 13.3 Å². The quantitative estimate of drug-likeness (QED) is 0.733. The second-order valence-corrected chi connectivity index (χ2v) is 5.66. The lowest BCUT2D eigenvalue weighted by Gasteiger charge is -2.30. The smallest absolute Gasteiger partial charge is 0.326 e. The van der Waals surface area contributed by atoms with Crippen molar-refractivity contribution in [3.63, 3.8) is 0 Å². The van der Waals surface area contributed by atoms with E-state index in [1.54, 1.807) is 0 Å². The zero-order valence-electron chi connectivity index (χ0n) is 10.4. The van der Waals surface area contributed by atoms with E-state index in [0.717, 1.165) is 32.2 Å². The van der Waals surface area contributed by atoms with Crippen LogP contribution in [-0.2, 0) is 9.53 Å². The minimum atomic E-state index is -0.416. The van der Waals surface area contributed by atoms with E-state index in [0.29, 0.717) is 5.92 Å². The highest BCUT2D eigenvalue weighted by Gasteiger charge is 2.39. The van der Waals surface area contributed by atoms with E-state index in [1.807, 2.05) is 6.92 Å². The molecule has 0 aromatic carbocycles. The molecule has 0 spiro atoms. The topological polar surface area (TPSA) is 38.3 Å². The van der Waals surface area contributed by atoms with Crippen molar-refractivity contribution in [2.24, 2.45) is 5.92 Å². The van der Waals surface area contributed by atoms with Crippen LogP contribution in [0.3, 0.4) is 0 Å². The molecule has 0 amide bonds. The molecule has 2 aliphatic rings. The lowest BCUT2D eigenvalue weighted by atomic mass is 9.88.